The van der Waals surface area contributed by atoms with Crippen LogP contribution >= 0.6 is 11.3 Å². The molecule has 1 saturated heterocycles. The first kappa shape index (κ1) is 16.8. The Balaban J connectivity index is 1.77. The van der Waals surface area contributed by atoms with Crippen LogP contribution in [0.4, 0.5) is 0 Å². The van der Waals surface area contributed by atoms with Crippen LogP contribution in [0.15, 0.2) is 34.4 Å². The van der Waals surface area contributed by atoms with Crippen molar-refractivity contribution in [2.24, 2.45) is 0 Å². The quantitative estimate of drug-likeness (QED) is 0.790. The van der Waals surface area contributed by atoms with Gasteiger partial charge in [0, 0.05) is 19.2 Å². The van der Waals surface area contributed by atoms with Gasteiger partial charge in [-0.1, -0.05) is 6.07 Å². The standard InChI is InChI=1S/C15H17N3O4S2/c1-17(11-6-8-24(21,22)10-11)15(20)9-18-14(19)5-4-12(16-18)13-3-2-7-23-13/h2-5,7,11H,6,8-10H2,1H3/t11-/m1/s1. The van der Waals surface area contributed by atoms with Crippen molar-refractivity contribution in [3.05, 3.63) is 40.0 Å². The first-order valence-corrected chi connectivity index (χ1v) is 10.1. The van der Waals surface area contributed by atoms with Crippen LogP contribution in [0.5, 0.6) is 0 Å². The van der Waals surface area contributed by atoms with E-state index in [2.05, 4.69) is 5.10 Å². The highest BCUT2D eigenvalue weighted by molar-refractivity contribution is 7.91. The number of amides is 1. The van der Waals surface area contributed by atoms with E-state index in [0.717, 1.165) is 9.56 Å². The maximum Gasteiger partial charge on any atom is 0.267 e. The van der Waals surface area contributed by atoms with E-state index in [4.69, 9.17) is 0 Å². The lowest BCUT2D eigenvalue weighted by Gasteiger charge is -2.23. The molecule has 7 nitrogen and oxygen atoms in total. The summed E-state index contributed by atoms with van der Waals surface area (Å²) in [5.74, 6) is -0.247. The Bertz CT molecular complexity index is 903. The zero-order chi connectivity index (χ0) is 17.3. The highest BCUT2D eigenvalue weighted by Crippen LogP contribution is 2.21. The van der Waals surface area contributed by atoms with Gasteiger partial charge in [-0.3, -0.25) is 9.59 Å². The zero-order valence-corrected chi connectivity index (χ0v) is 14.7. The average Bonchev–Trinajstić information content (AvgIpc) is 3.18. The SMILES string of the molecule is CN(C(=O)Cn1nc(-c2cccs2)ccc1=O)[C@@H]1CCS(=O)(=O)C1. The van der Waals surface area contributed by atoms with E-state index in [1.165, 1.54) is 22.3 Å². The first-order chi connectivity index (χ1) is 11.4. The average molecular weight is 367 g/mol. The number of hydrogen-bond acceptors (Lipinski definition) is 6. The van der Waals surface area contributed by atoms with Gasteiger partial charge in [0.25, 0.3) is 5.56 Å². The van der Waals surface area contributed by atoms with Gasteiger partial charge >= 0.3 is 0 Å². The summed E-state index contributed by atoms with van der Waals surface area (Å²) in [7, 11) is -1.50. The summed E-state index contributed by atoms with van der Waals surface area (Å²) in [6.07, 6.45) is 0.433. The molecule has 0 N–H and O–H groups in total. The van der Waals surface area contributed by atoms with Crippen LogP contribution in [-0.2, 0) is 21.2 Å². The second-order valence-electron chi connectivity index (χ2n) is 5.75. The maximum atomic E-state index is 12.4. The molecule has 0 spiro atoms. The molecule has 0 bridgehead atoms. The van der Waals surface area contributed by atoms with E-state index in [9.17, 15) is 18.0 Å². The summed E-state index contributed by atoms with van der Waals surface area (Å²) < 4.78 is 24.2. The third-order valence-corrected chi connectivity index (χ3v) is 6.72. The number of aromatic nitrogens is 2. The molecular formula is C15H17N3O4S2. The molecule has 1 aliphatic heterocycles. The Morgan fingerprint density at radius 2 is 2.21 bits per heavy atom. The van der Waals surface area contributed by atoms with E-state index in [0.29, 0.717) is 12.1 Å². The second kappa shape index (κ2) is 6.48. The number of carbonyl (C=O) groups excluding carboxylic acids is 1. The van der Waals surface area contributed by atoms with Gasteiger partial charge in [-0.05, 0) is 23.9 Å². The number of hydrogen-bond donors (Lipinski definition) is 0. The van der Waals surface area contributed by atoms with Gasteiger partial charge in [-0.2, -0.15) is 5.10 Å². The fraction of sp³-hybridized carbons (Fsp3) is 0.400. The largest absolute Gasteiger partial charge is 0.340 e. The molecule has 0 aliphatic carbocycles. The summed E-state index contributed by atoms with van der Waals surface area (Å²) in [6, 6.07) is 6.45. The van der Waals surface area contributed by atoms with Crippen LogP contribution in [0.1, 0.15) is 6.42 Å². The lowest BCUT2D eigenvalue weighted by Crippen LogP contribution is -2.41. The van der Waals surface area contributed by atoms with Crippen molar-refractivity contribution < 1.29 is 13.2 Å². The van der Waals surface area contributed by atoms with E-state index in [-0.39, 0.29) is 35.6 Å². The third-order valence-electron chi connectivity index (χ3n) is 4.07. The smallest absolute Gasteiger partial charge is 0.267 e. The Hall–Kier alpha value is -2.00. The molecule has 3 rings (SSSR count). The molecule has 128 valence electrons. The van der Waals surface area contributed by atoms with Gasteiger partial charge in [0.1, 0.15) is 12.2 Å². The fourth-order valence-electron chi connectivity index (χ4n) is 2.64. The van der Waals surface area contributed by atoms with Gasteiger partial charge < -0.3 is 4.90 Å². The van der Waals surface area contributed by atoms with E-state index < -0.39 is 9.84 Å². The lowest BCUT2D eigenvalue weighted by atomic mass is 10.2. The predicted molar refractivity (Wildman–Crippen MR) is 91.6 cm³/mol. The minimum Gasteiger partial charge on any atom is -0.340 e. The number of thiophene rings is 1. The Morgan fingerprint density at radius 3 is 2.83 bits per heavy atom. The normalized spacial score (nSPS) is 19.3. The molecule has 2 aromatic rings. The number of likely N-dealkylation sites (N-methyl/N-ethyl adjacent to an activating group) is 1. The molecule has 1 atom stereocenters. The van der Waals surface area contributed by atoms with Gasteiger partial charge in [0.05, 0.1) is 16.4 Å². The molecule has 1 amide bonds. The number of nitrogens with zero attached hydrogens (tertiary/aromatic N) is 3. The van der Waals surface area contributed by atoms with Gasteiger partial charge in [-0.15, -0.1) is 11.3 Å². The van der Waals surface area contributed by atoms with Crippen molar-refractivity contribution >= 4 is 27.1 Å². The molecule has 24 heavy (non-hydrogen) atoms. The first-order valence-electron chi connectivity index (χ1n) is 7.44. The van der Waals surface area contributed by atoms with Crippen LogP contribution in [0.25, 0.3) is 10.6 Å². The molecular weight excluding hydrogens is 350 g/mol. The minimum absolute atomic E-state index is 0.0210. The van der Waals surface area contributed by atoms with Crippen LogP contribution in [0.2, 0.25) is 0 Å². The van der Waals surface area contributed by atoms with E-state index >= 15 is 0 Å². The summed E-state index contributed by atoms with van der Waals surface area (Å²) in [4.78, 5) is 26.7. The van der Waals surface area contributed by atoms with Crippen LogP contribution < -0.4 is 5.56 Å². The molecule has 2 aromatic heterocycles. The molecule has 3 heterocycles. The highest BCUT2D eigenvalue weighted by atomic mass is 32.2. The third kappa shape index (κ3) is 3.57. The van der Waals surface area contributed by atoms with Crippen molar-refractivity contribution in [1.29, 1.82) is 0 Å². The van der Waals surface area contributed by atoms with Gasteiger partial charge in [0.2, 0.25) is 5.91 Å². The Kier molecular flexibility index (Phi) is 4.55. The fourth-order valence-corrected chi connectivity index (χ4v) is 5.11. The number of sulfone groups is 1. The summed E-state index contributed by atoms with van der Waals surface area (Å²) in [5, 5.41) is 6.15. The van der Waals surface area contributed by atoms with Crippen molar-refractivity contribution in [2.75, 3.05) is 18.6 Å². The number of rotatable bonds is 4. The van der Waals surface area contributed by atoms with Crippen LogP contribution in [0, 0.1) is 0 Å². The summed E-state index contributed by atoms with van der Waals surface area (Å²) >= 11 is 1.50. The predicted octanol–water partition coefficient (Wildman–Crippen LogP) is 0.617. The Morgan fingerprint density at radius 1 is 1.42 bits per heavy atom. The molecule has 0 unspecified atom stereocenters. The Labute approximate surface area is 143 Å². The molecule has 1 aliphatic rings. The number of carbonyl (C=O) groups is 1. The van der Waals surface area contributed by atoms with E-state index in [1.807, 2.05) is 17.5 Å². The molecule has 0 radical (unpaired) electrons. The molecule has 0 aromatic carbocycles. The zero-order valence-electron chi connectivity index (χ0n) is 13.1. The maximum absolute atomic E-state index is 12.4. The van der Waals surface area contributed by atoms with Crippen molar-refractivity contribution in [2.45, 2.75) is 19.0 Å². The topological polar surface area (TPSA) is 89.3 Å². The molecule has 1 fully saturated rings. The van der Waals surface area contributed by atoms with Crippen molar-refractivity contribution in [1.82, 2.24) is 14.7 Å². The molecule has 9 heteroatoms. The monoisotopic (exact) mass is 367 g/mol. The van der Waals surface area contributed by atoms with Crippen molar-refractivity contribution in [3.8, 4) is 10.6 Å². The molecule has 0 saturated carbocycles. The van der Waals surface area contributed by atoms with E-state index in [1.54, 1.807) is 13.1 Å². The van der Waals surface area contributed by atoms with Crippen LogP contribution in [-0.4, -0.2) is 53.6 Å². The second-order valence-corrected chi connectivity index (χ2v) is 8.93. The van der Waals surface area contributed by atoms with Gasteiger partial charge in [0.15, 0.2) is 9.84 Å². The van der Waals surface area contributed by atoms with Crippen LogP contribution in [0.3, 0.4) is 0 Å². The summed E-state index contributed by atoms with van der Waals surface area (Å²) in [6.45, 7) is -0.203. The highest BCUT2D eigenvalue weighted by Gasteiger charge is 2.32. The summed E-state index contributed by atoms with van der Waals surface area (Å²) in [5.41, 5.74) is 0.264. The van der Waals surface area contributed by atoms with Crippen molar-refractivity contribution in [3.63, 3.8) is 0 Å². The van der Waals surface area contributed by atoms with Gasteiger partial charge in [-0.25, -0.2) is 13.1 Å². The minimum atomic E-state index is -3.07. The lowest BCUT2D eigenvalue weighted by molar-refractivity contribution is -0.132.